The molecule has 3 N–H and O–H groups in total. The molecule has 1 aromatic heterocycles. The molecule has 0 saturated carbocycles. The van der Waals surface area contributed by atoms with Crippen molar-refractivity contribution < 1.29 is 5.48 Å². The number of hydrogen-bond acceptors (Lipinski definition) is 2. The van der Waals surface area contributed by atoms with E-state index < -0.39 is 0 Å². The van der Waals surface area contributed by atoms with E-state index in [2.05, 4.69) is 21.0 Å². The lowest BCUT2D eigenvalue weighted by atomic mass is 10.5. The van der Waals surface area contributed by atoms with Gasteiger partial charge in [-0.3, -0.25) is 4.68 Å². The van der Waals surface area contributed by atoms with Crippen molar-refractivity contribution in [3.63, 3.8) is 0 Å². The number of aryl methyl sites for hydroxylation is 1. The highest BCUT2D eigenvalue weighted by Crippen LogP contribution is 2.07. The first-order valence-electron chi connectivity index (χ1n) is 2.44. The number of rotatable bonds is 1. The van der Waals surface area contributed by atoms with E-state index >= 15 is 0 Å². The van der Waals surface area contributed by atoms with Gasteiger partial charge in [0.15, 0.2) is 0 Å². The molecule has 0 aromatic carbocycles. The molecule has 0 unspecified atom stereocenters. The highest BCUT2D eigenvalue weighted by molar-refractivity contribution is 9.10. The van der Waals surface area contributed by atoms with Crippen LogP contribution in [0.1, 0.15) is 5.69 Å². The zero-order valence-electron chi connectivity index (χ0n) is 5.43. The Labute approximate surface area is 66.8 Å². The first kappa shape index (κ1) is 9.32. The van der Waals surface area contributed by atoms with Crippen LogP contribution in [0.4, 0.5) is 0 Å². The largest absolute Gasteiger partial charge is 0.412 e. The van der Waals surface area contributed by atoms with Gasteiger partial charge in [-0.25, -0.2) is 0 Å². The molecule has 56 valence electrons. The lowest BCUT2D eigenvalue weighted by molar-refractivity contribution is 0.747. The summed E-state index contributed by atoms with van der Waals surface area (Å²) >= 11 is 3.25. The third kappa shape index (κ3) is 1.65. The molecule has 4 nitrogen and oxygen atoms in total. The van der Waals surface area contributed by atoms with Gasteiger partial charge in [0, 0.05) is 13.3 Å². The molecule has 1 aromatic rings. The van der Waals surface area contributed by atoms with E-state index in [1.54, 1.807) is 10.7 Å². The van der Waals surface area contributed by atoms with E-state index in [0.29, 0.717) is 5.69 Å². The lowest BCUT2D eigenvalue weighted by Gasteiger charge is -1.85. The Bertz CT molecular complexity index is 213. The summed E-state index contributed by atoms with van der Waals surface area (Å²) in [6.45, 7) is 0. The second-order valence-corrected chi connectivity index (χ2v) is 2.47. The highest BCUT2D eigenvalue weighted by Gasteiger charge is 1.96. The van der Waals surface area contributed by atoms with E-state index in [0.717, 1.165) is 4.60 Å². The van der Waals surface area contributed by atoms with Crippen molar-refractivity contribution in [2.45, 2.75) is 0 Å². The molecule has 0 fully saturated rings. The molecule has 0 aliphatic rings. The summed E-state index contributed by atoms with van der Waals surface area (Å²) in [6, 6.07) is 1.78. The standard InChI is InChI=1S/C5H6BrN3.H2O/c1-9-5(6)2-4(3-7)8-9;/h2-3,7H,1H3;1H2. The van der Waals surface area contributed by atoms with Gasteiger partial charge >= 0.3 is 0 Å². The van der Waals surface area contributed by atoms with Crippen LogP contribution in [0.25, 0.3) is 0 Å². The van der Waals surface area contributed by atoms with Gasteiger partial charge in [-0.05, 0) is 22.0 Å². The normalized spacial score (nSPS) is 8.60. The number of hydrogen-bond donors (Lipinski definition) is 1. The van der Waals surface area contributed by atoms with Crippen molar-refractivity contribution in [3.8, 4) is 0 Å². The van der Waals surface area contributed by atoms with Crippen LogP contribution in [0.3, 0.4) is 0 Å². The molecular weight excluding hydrogens is 198 g/mol. The predicted molar refractivity (Wildman–Crippen MR) is 42.4 cm³/mol. The summed E-state index contributed by atoms with van der Waals surface area (Å²) in [7, 11) is 1.82. The molecule has 0 radical (unpaired) electrons. The molecule has 0 amide bonds. The van der Waals surface area contributed by atoms with Crippen molar-refractivity contribution >= 4 is 22.1 Å². The van der Waals surface area contributed by atoms with Crippen molar-refractivity contribution in [1.29, 1.82) is 5.41 Å². The van der Waals surface area contributed by atoms with Gasteiger partial charge in [0.1, 0.15) is 10.3 Å². The Morgan fingerprint density at radius 2 is 2.40 bits per heavy atom. The Hall–Kier alpha value is -0.680. The fourth-order valence-electron chi connectivity index (χ4n) is 0.536. The number of nitrogens with one attached hydrogen (secondary N) is 1. The molecule has 0 saturated heterocycles. The van der Waals surface area contributed by atoms with Crippen molar-refractivity contribution in [2.24, 2.45) is 7.05 Å². The van der Waals surface area contributed by atoms with Gasteiger partial charge in [0.05, 0.1) is 0 Å². The lowest BCUT2D eigenvalue weighted by Crippen LogP contribution is -1.90. The summed E-state index contributed by atoms with van der Waals surface area (Å²) < 4.78 is 2.56. The Balaban J connectivity index is 0.000000810. The van der Waals surface area contributed by atoms with Crippen molar-refractivity contribution in [2.75, 3.05) is 0 Å². The van der Waals surface area contributed by atoms with Gasteiger partial charge in [0.25, 0.3) is 0 Å². The van der Waals surface area contributed by atoms with Crippen LogP contribution in [-0.2, 0) is 7.05 Å². The quantitative estimate of drug-likeness (QED) is 0.661. The zero-order valence-corrected chi connectivity index (χ0v) is 7.01. The minimum atomic E-state index is 0. The summed E-state index contributed by atoms with van der Waals surface area (Å²) in [4.78, 5) is 0. The second-order valence-electron chi connectivity index (χ2n) is 1.66. The maximum atomic E-state index is 6.83. The first-order valence-corrected chi connectivity index (χ1v) is 3.23. The van der Waals surface area contributed by atoms with Crippen molar-refractivity contribution in [1.82, 2.24) is 9.78 Å². The van der Waals surface area contributed by atoms with E-state index in [9.17, 15) is 0 Å². The van der Waals surface area contributed by atoms with Crippen LogP contribution in [0, 0.1) is 5.41 Å². The second kappa shape index (κ2) is 3.48. The average molecular weight is 206 g/mol. The predicted octanol–water partition coefficient (Wildman–Crippen LogP) is 0.356. The Morgan fingerprint density at radius 3 is 2.60 bits per heavy atom. The zero-order chi connectivity index (χ0) is 6.85. The summed E-state index contributed by atoms with van der Waals surface area (Å²) in [5.41, 5.74) is 0.671. The van der Waals surface area contributed by atoms with E-state index in [-0.39, 0.29) is 5.48 Å². The molecule has 0 aliphatic carbocycles. The Kier molecular flexibility index (Phi) is 3.24. The van der Waals surface area contributed by atoms with Gasteiger partial charge < -0.3 is 10.9 Å². The van der Waals surface area contributed by atoms with Crippen LogP contribution < -0.4 is 0 Å². The monoisotopic (exact) mass is 205 g/mol. The van der Waals surface area contributed by atoms with Gasteiger partial charge in [-0.1, -0.05) is 0 Å². The molecule has 0 aliphatic heterocycles. The van der Waals surface area contributed by atoms with E-state index in [4.69, 9.17) is 5.41 Å². The molecule has 5 heteroatoms. The minimum Gasteiger partial charge on any atom is -0.412 e. The molecule has 0 spiro atoms. The van der Waals surface area contributed by atoms with Crippen LogP contribution in [0.5, 0.6) is 0 Å². The van der Waals surface area contributed by atoms with Gasteiger partial charge in [0.2, 0.25) is 0 Å². The molecule has 1 heterocycles. The Morgan fingerprint density at radius 1 is 1.80 bits per heavy atom. The van der Waals surface area contributed by atoms with Crippen molar-refractivity contribution in [3.05, 3.63) is 16.4 Å². The smallest absolute Gasteiger partial charge is 0.104 e. The summed E-state index contributed by atoms with van der Waals surface area (Å²) in [6.07, 6.45) is 1.21. The van der Waals surface area contributed by atoms with E-state index in [1.165, 1.54) is 6.21 Å². The maximum Gasteiger partial charge on any atom is 0.104 e. The third-order valence-electron chi connectivity index (χ3n) is 0.989. The van der Waals surface area contributed by atoms with Crippen LogP contribution >= 0.6 is 15.9 Å². The number of aromatic nitrogens is 2. The highest BCUT2D eigenvalue weighted by atomic mass is 79.9. The van der Waals surface area contributed by atoms with Gasteiger partial charge in [-0.2, -0.15) is 5.10 Å². The molecule has 10 heavy (non-hydrogen) atoms. The topological polar surface area (TPSA) is 73.2 Å². The van der Waals surface area contributed by atoms with Crippen LogP contribution in [-0.4, -0.2) is 21.5 Å². The minimum absolute atomic E-state index is 0. The average Bonchev–Trinajstić information content (AvgIpc) is 2.13. The third-order valence-corrected chi connectivity index (χ3v) is 1.73. The number of halogens is 1. The van der Waals surface area contributed by atoms with Crippen LogP contribution in [0.2, 0.25) is 0 Å². The summed E-state index contributed by atoms with van der Waals surface area (Å²) in [5.74, 6) is 0. The SMILES string of the molecule is Cn1nc(C=N)cc1Br.O. The molecule has 0 atom stereocenters. The maximum absolute atomic E-state index is 6.83. The van der Waals surface area contributed by atoms with Crippen LogP contribution in [0.15, 0.2) is 10.7 Å². The van der Waals surface area contributed by atoms with Gasteiger partial charge in [-0.15, -0.1) is 0 Å². The summed E-state index contributed by atoms with van der Waals surface area (Å²) in [5, 5.41) is 10.8. The molecule has 0 bridgehead atoms. The first-order chi connectivity index (χ1) is 4.24. The fraction of sp³-hybridized carbons (Fsp3) is 0.200. The molecular formula is C5H8BrN3O. The molecule has 1 rings (SSSR count). The number of nitrogens with zero attached hydrogens (tertiary/aromatic N) is 2. The fourth-order valence-corrected chi connectivity index (χ4v) is 0.850. The van der Waals surface area contributed by atoms with E-state index in [1.807, 2.05) is 7.05 Å².